The maximum Gasteiger partial charge on any atom is 0.263 e. The SMILES string of the molecule is CC(Oc1cccc(Cl)c1)C(=O)N1CC(C)N(C(=O)C(C)Oc2cccc(Cl)c2)CC1C. The molecule has 2 aromatic rings. The van der Waals surface area contributed by atoms with Crippen LogP contribution in [0.3, 0.4) is 0 Å². The van der Waals surface area contributed by atoms with Gasteiger partial charge in [-0.2, -0.15) is 0 Å². The molecule has 2 aromatic carbocycles. The molecule has 172 valence electrons. The van der Waals surface area contributed by atoms with E-state index in [1.165, 1.54) is 0 Å². The van der Waals surface area contributed by atoms with Crippen LogP contribution in [-0.4, -0.2) is 59.0 Å². The molecule has 4 atom stereocenters. The van der Waals surface area contributed by atoms with Gasteiger partial charge >= 0.3 is 0 Å². The van der Waals surface area contributed by atoms with Crippen molar-refractivity contribution in [2.45, 2.75) is 52.0 Å². The molecular weight excluding hydrogens is 451 g/mol. The number of rotatable bonds is 6. The van der Waals surface area contributed by atoms with E-state index in [1.54, 1.807) is 72.2 Å². The first-order valence-electron chi connectivity index (χ1n) is 10.6. The lowest BCUT2D eigenvalue weighted by atomic mass is 10.1. The fraction of sp³-hybridized carbons (Fsp3) is 0.417. The van der Waals surface area contributed by atoms with Crippen molar-refractivity contribution in [1.29, 1.82) is 0 Å². The van der Waals surface area contributed by atoms with Crippen LogP contribution >= 0.6 is 23.2 Å². The smallest absolute Gasteiger partial charge is 0.263 e. The Kier molecular flexibility index (Phi) is 7.91. The van der Waals surface area contributed by atoms with Gasteiger partial charge in [0.2, 0.25) is 0 Å². The summed E-state index contributed by atoms with van der Waals surface area (Å²) >= 11 is 12.0. The molecule has 0 aliphatic carbocycles. The van der Waals surface area contributed by atoms with Gasteiger partial charge in [0.25, 0.3) is 11.8 Å². The molecule has 6 nitrogen and oxygen atoms in total. The van der Waals surface area contributed by atoms with Crippen LogP contribution in [0.25, 0.3) is 0 Å². The second kappa shape index (κ2) is 10.5. The summed E-state index contributed by atoms with van der Waals surface area (Å²) in [5, 5.41) is 1.09. The quantitative estimate of drug-likeness (QED) is 0.604. The Morgan fingerprint density at radius 3 is 1.53 bits per heavy atom. The maximum atomic E-state index is 13.1. The highest BCUT2D eigenvalue weighted by Crippen LogP contribution is 2.23. The number of nitrogens with zero attached hydrogens (tertiary/aromatic N) is 2. The average Bonchev–Trinajstić information content (AvgIpc) is 2.74. The summed E-state index contributed by atoms with van der Waals surface area (Å²) in [5.41, 5.74) is 0. The summed E-state index contributed by atoms with van der Waals surface area (Å²) in [4.78, 5) is 29.6. The third kappa shape index (κ3) is 5.87. The van der Waals surface area contributed by atoms with Gasteiger partial charge in [0.15, 0.2) is 12.2 Å². The predicted octanol–water partition coefficient (Wildman–Crippen LogP) is 4.68. The molecule has 1 fully saturated rings. The molecule has 8 heteroatoms. The zero-order valence-corrected chi connectivity index (χ0v) is 20.1. The standard InChI is InChI=1S/C24H28Cl2N2O4/c1-15-13-28(24(30)18(4)32-22-10-6-8-20(26)12-22)16(2)14-27(15)23(29)17(3)31-21-9-5-7-19(25)11-21/h5-12,15-18H,13-14H2,1-4H3. The lowest BCUT2D eigenvalue weighted by Crippen LogP contribution is -2.62. The maximum absolute atomic E-state index is 13.1. The number of piperazine rings is 1. The van der Waals surface area contributed by atoms with E-state index in [1.807, 2.05) is 13.8 Å². The molecule has 1 aliphatic heterocycles. The number of hydrogen-bond donors (Lipinski definition) is 0. The van der Waals surface area contributed by atoms with Crippen molar-refractivity contribution in [3.8, 4) is 11.5 Å². The average molecular weight is 479 g/mol. The van der Waals surface area contributed by atoms with Gasteiger partial charge in [0.05, 0.1) is 0 Å². The van der Waals surface area contributed by atoms with Gasteiger partial charge in [-0.3, -0.25) is 9.59 Å². The van der Waals surface area contributed by atoms with Crippen LogP contribution in [0.1, 0.15) is 27.7 Å². The number of halogens is 2. The summed E-state index contributed by atoms with van der Waals surface area (Å²) in [6.45, 7) is 8.13. The Hall–Kier alpha value is -2.44. The molecule has 0 N–H and O–H groups in total. The highest BCUT2D eigenvalue weighted by molar-refractivity contribution is 6.31. The number of carbonyl (C=O) groups is 2. The molecule has 0 radical (unpaired) electrons. The number of ether oxygens (including phenoxy) is 2. The van der Waals surface area contributed by atoms with Crippen LogP contribution in [0.2, 0.25) is 10.0 Å². The number of hydrogen-bond acceptors (Lipinski definition) is 4. The summed E-state index contributed by atoms with van der Waals surface area (Å²) in [5.74, 6) is 0.832. The molecule has 0 saturated carbocycles. The van der Waals surface area contributed by atoms with Crippen molar-refractivity contribution >= 4 is 35.0 Å². The minimum Gasteiger partial charge on any atom is -0.481 e. The summed E-state index contributed by atoms with van der Waals surface area (Å²) in [6, 6.07) is 13.6. The second-order valence-electron chi connectivity index (χ2n) is 8.11. The highest BCUT2D eigenvalue weighted by Gasteiger charge is 2.38. The van der Waals surface area contributed by atoms with E-state index in [2.05, 4.69) is 0 Å². The Bertz CT molecular complexity index is 893. The number of carbonyl (C=O) groups excluding carboxylic acids is 2. The van der Waals surface area contributed by atoms with Gasteiger partial charge < -0.3 is 19.3 Å². The molecule has 32 heavy (non-hydrogen) atoms. The zero-order valence-electron chi connectivity index (χ0n) is 18.6. The Morgan fingerprint density at radius 1 is 0.812 bits per heavy atom. The van der Waals surface area contributed by atoms with E-state index in [-0.39, 0.29) is 23.9 Å². The molecule has 4 unspecified atom stereocenters. The molecular formula is C24H28Cl2N2O4. The topological polar surface area (TPSA) is 59.1 Å². The Balaban J connectivity index is 1.61. The van der Waals surface area contributed by atoms with E-state index >= 15 is 0 Å². The van der Waals surface area contributed by atoms with Gasteiger partial charge in [-0.15, -0.1) is 0 Å². The first-order chi connectivity index (χ1) is 15.2. The van der Waals surface area contributed by atoms with Crippen molar-refractivity contribution in [3.05, 3.63) is 58.6 Å². The molecule has 1 heterocycles. The fourth-order valence-electron chi connectivity index (χ4n) is 3.80. The van der Waals surface area contributed by atoms with Gasteiger partial charge in [0, 0.05) is 35.2 Å². The predicted molar refractivity (Wildman–Crippen MR) is 125 cm³/mol. The minimum atomic E-state index is -0.671. The summed E-state index contributed by atoms with van der Waals surface area (Å²) in [6.07, 6.45) is -1.34. The number of benzene rings is 2. The normalized spacial score (nSPS) is 20.4. The number of amides is 2. The van der Waals surface area contributed by atoms with Crippen molar-refractivity contribution in [1.82, 2.24) is 9.80 Å². The van der Waals surface area contributed by atoms with Crippen molar-refractivity contribution in [2.75, 3.05) is 13.1 Å². The van der Waals surface area contributed by atoms with Gasteiger partial charge in [-0.25, -0.2) is 0 Å². The molecule has 1 saturated heterocycles. The largest absolute Gasteiger partial charge is 0.481 e. The van der Waals surface area contributed by atoms with Crippen molar-refractivity contribution in [2.24, 2.45) is 0 Å². The van der Waals surface area contributed by atoms with Crippen molar-refractivity contribution < 1.29 is 19.1 Å². The lowest BCUT2D eigenvalue weighted by Gasteiger charge is -2.45. The van der Waals surface area contributed by atoms with Crippen LogP contribution in [-0.2, 0) is 9.59 Å². The fourth-order valence-corrected chi connectivity index (χ4v) is 4.16. The molecule has 0 aromatic heterocycles. The van der Waals surface area contributed by atoms with Gasteiger partial charge in [0.1, 0.15) is 11.5 Å². The summed E-state index contributed by atoms with van der Waals surface area (Å²) in [7, 11) is 0. The summed E-state index contributed by atoms with van der Waals surface area (Å²) < 4.78 is 11.6. The third-order valence-electron chi connectivity index (χ3n) is 5.47. The van der Waals surface area contributed by atoms with Crippen LogP contribution in [0.15, 0.2) is 48.5 Å². The first-order valence-corrected chi connectivity index (χ1v) is 11.4. The zero-order chi connectivity index (χ0) is 23.4. The molecule has 0 spiro atoms. The molecule has 0 bridgehead atoms. The van der Waals surface area contributed by atoms with E-state index in [9.17, 15) is 9.59 Å². The Labute approximate surface area is 199 Å². The van der Waals surface area contributed by atoms with E-state index in [0.717, 1.165) is 0 Å². The van der Waals surface area contributed by atoms with Crippen molar-refractivity contribution in [3.63, 3.8) is 0 Å². The highest BCUT2D eigenvalue weighted by atomic mass is 35.5. The molecule has 1 aliphatic rings. The Morgan fingerprint density at radius 2 is 1.19 bits per heavy atom. The molecule has 3 rings (SSSR count). The lowest BCUT2D eigenvalue weighted by molar-refractivity contribution is -0.152. The van der Waals surface area contributed by atoms with Gasteiger partial charge in [-0.05, 0) is 64.1 Å². The molecule has 2 amide bonds. The van der Waals surface area contributed by atoms with Gasteiger partial charge in [-0.1, -0.05) is 35.3 Å². The minimum absolute atomic E-state index is 0.125. The van der Waals surface area contributed by atoms with Crippen LogP contribution < -0.4 is 9.47 Å². The third-order valence-corrected chi connectivity index (χ3v) is 5.94. The van der Waals surface area contributed by atoms with E-state index < -0.39 is 12.2 Å². The van der Waals surface area contributed by atoms with Crippen LogP contribution in [0.5, 0.6) is 11.5 Å². The van der Waals surface area contributed by atoms with E-state index in [4.69, 9.17) is 32.7 Å². The second-order valence-corrected chi connectivity index (χ2v) is 8.99. The monoisotopic (exact) mass is 478 g/mol. The van der Waals surface area contributed by atoms with Crippen LogP contribution in [0.4, 0.5) is 0 Å². The first kappa shape index (κ1) is 24.2. The van der Waals surface area contributed by atoms with Crippen LogP contribution in [0, 0.1) is 0 Å². The van der Waals surface area contributed by atoms with E-state index in [0.29, 0.717) is 34.6 Å².